The summed E-state index contributed by atoms with van der Waals surface area (Å²) in [7, 11) is 1.93. The first-order chi connectivity index (χ1) is 11.7. The van der Waals surface area contributed by atoms with E-state index in [9.17, 15) is 0 Å². The molecule has 0 atom stereocenters. The van der Waals surface area contributed by atoms with Crippen molar-refractivity contribution in [3.63, 3.8) is 0 Å². The van der Waals surface area contributed by atoms with Crippen molar-refractivity contribution in [3.05, 3.63) is 54.0 Å². The zero-order valence-corrected chi connectivity index (χ0v) is 14.0. The second kappa shape index (κ2) is 5.60. The maximum Gasteiger partial charge on any atom is 0.160 e. The summed E-state index contributed by atoms with van der Waals surface area (Å²) >= 11 is 0. The van der Waals surface area contributed by atoms with E-state index in [0.29, 0.717) is 0 Å². The van der Waals surface area contributed by atoms with Gasteiger partial charge in [0.25, 0.3) is 0 Å². The van der Waals surface area contributed by atoms with Gasteiger partial charge in [-0.1, -0.05) is 43.3 Å². The third kappa shape index (κ3) is 2.29. The van der Waals surface area contributed by atoms with Crippen LogP contribution in [0, 0.1) is 6.92 Å². The lowest BCUT2D eigenvalue weighted by Crippen LogP contribution is -2.03. The van der Waals surface area contributed by atoms with Crippen LogP contribution in [-0.2, 0) is 13.5 Å². The Morgan fingerprint density at radius 3 is 2.67 bits per heavy atom. The number of nitrogens with one attached hydrogen (secondary N) is 1. The first-order valence-corrected chi connectivity index (χ1v) is 8.12. The highest BCUT2D eigenvalue weighted by molar-refractivity contribution is 5.98. The van der Waals surface area contributed by atoms with Gasteiger partial charge >= 0.3 is 0 Å². The topological polar surface area (TPSA) is 55.6 Å². The fourth-order valence-corrected chi connectivity index (χ4v) is 3.09. The van der Waals surface area contributed by atoms with Crippen LogP contribution < -0.4 is 5.32 Å². The van der Waals surface area contributed by atoms with Gasteiger partial charge in [-0.25, -0.2) is 9.97 Å². The minimum atomic E-state index is 0.786. The van der Waals surface area contributed by atoms with E-state index in [0.717, 1.165) is 40.5 Å². The minimum absolute atomic E-state index is 0.786. The number of nitrogens with zero attached hydrogens (tertiary/aromatic N) is 4. The Morgan fingerprint density at radius 1 is 1.04 bits per heavy atom. The van der Waals surface area contributed by atoms with Crippen molar-refractivity contribution in [2.24, 2.45) is 7.05 Å². The number of aromatic nitrogens is 4. The monoisotopic (exact) mass is 317 g/mol. The molecule has 120 valence electrons. The summed E-state index contributed by atoms with van der Waals surface area (Å²) < 4.78 is 1.84. The zero-order valence-electron chi connectivity index (χ0n) is 14.0. The molecule has 2 aromatic heterocycles. The quantitative estimate of drug-likeness (QED) is 0.617. The number of rotatable bonds is 3. The molecule has 4 rings (SSSR count). The molecule has 0 spiro atoms. The Hall–Kier alpha value is -2.95. The molecule has 0 saturated heterocycles. The van der Waals surface area contributed by atoms with Gasteiger partial charge in [-0.3, -0.25) is 4.68 Å². The van der Waals surface area contributed by atoms with Crippen LogP contribution >= 0.6 is 0 Å². The van der Waals surface area contributed by atoms with E-state index in [1.54, 1.807) is 0 Å². The van der Waals surface area contributed by atoms with Crippen LogP contribution in [0.1, 0.15) is 18.4 Å². The van der Waals surface area contributed by atoms with Crippen molar-refractivity contribution < 1.29 is 0 Å². The molecule has 1 N–H and O–H groups in total. The SMILES string of the molecule is CCc1nc(Nc2cccc3ccccc23)c2c(n1)c(C)nn2C. The van der Waals surface area contributed by atoms with E-state index in [-0.39, 0.29) is 0 Å². The van der Waals surface area contributed by atoms with Gasteiger partial charge in [0.15, 0.2) is 5.82 Å². The molecule has 2 heterocycles. The fraction of sp³-hybridized carbons (Fsp3) is 0.211. The number of aryl methyl sites for hydroxylation is 3. The van der Waals surface area contributed by atoms with E-state index in [1.807, 2.05) is 18.7 Å². The highest BCUT2D eigenvalue weighted by Gasteiger charge is 2.15. The van der Waals surface area contributed by atoms with Crippen LogP contribution in [0.2, 0.25) is 0 Å². The van der Waals surface area contributed by atoms with E-state index in [4.69, 9.17) is 4.98 Å². The molecule has 0 amide bonds. The lowest BCUT2D eigenvalue weighted by atomic mass is 10.1. The maximum atomic E-state index is 4.71. The van der Waals surface area contributed by atoms with Crippen molar-refractivity contribution in [2.45, 2.75) is 20.3 Å². The molecule has 2 aromatic carbocycles. The number of fused-ring (bicyclic) bond motifs is 2. The third-order valence-corrected chi connectivity index (χ3v) is 4.26. The Balaban J connectivity index is 1.93. The predicted molar refractivity (Wildman–Crippen MR) is 97.6 cm³/mol. The molecule has 0 aliphatic heterocycles. The molecule has 0 aliphatic carbocycles. The summed E-state index contributed by atoms with van der Waals surface area (Å²) in [5.41, 5.74) is 3.80. The summed E-state index contributed by atoms with van der Waals surface area (Å²) in [6.07, 6.45) is 0.786. The van der Waals surface area contributed by atoms with Gasteiger partial charge in [0.05, 0.1) is 5.69 Å². The van der Waals surface area contributed by atoms with E-state index in [1.165, 1.54) is 10.8 Å². The highest BCUT2D eigenvalue weighted by Crippen LogP contribution is 2.29. The smallest absolute Gasteiger partial charge is 0.160 e. The van der Waals surface area contributed by atoms with Crippen molar-refractivity contribution in [3.8, 4) is 0 Å². The summed E-state index contributed by atoms with van der Waals surface area (Å²) in [6.45, 7) is 4.05. The minimum Gasteiger partial charge on any atom is -0.338 e. The van der Waals surface area contributed by atoms with Gasteiger partial charge in [0.2, 0.25) is 0 Å². The van der Waals surface area contributed by atoms with Crippen molar-refractivity contribution in [1.82, 2.24) is 19.7 Å². The van der Waals surface area contributed by atoms with Crippen molar-refractivity contribution in [1.29, 1.82) is 0 Å². The first kappa shape index (κ1) is 14.6. The normalized spacial score (nSPS) is 11.3. The molecule has 24 heavy (non-hydrogen) atoms. The lowest BCUT2D eigenvalue weighted by Gasteiger charge is -2.11. The number of anilines is 2. The van der Waals surface area contributed by atoms with Crippen LogP contribution in [-0.4, -0.2) is 19.7 Å². The second-order valence-corrected chi connectivity index (χ2v) is 5.90. The largest absolute Gasteiger partial charge is 0.338 e. The third-order valence-electron chi connectivity index (χ3n) is 4.26. The second-order valence-electron chi connectivity index (χ2n) is 5.90. The molecule has 0 aliphatic rings. The van der Waals surface area contributed by atoms with Crippen LogP contribution in [0.25, 0.3) is 21.8 Å². The fourth-order valence-electron chi connectivity index (χ4n) is 3.09. The average molecular weight is 317 g/mol. The van der Waals surface area contributed by atoms with Crippen molar-refractivity contribution >= 4 is 33.3 Å². The van der Waals surface area contributed by atoms with Crippen LogP contribution in [0.3, 0.4) is 0 Å². The van der Waals surface area contributed by atoms with Crippen LogP contribution in [0.5, 0.6) is 0 Å². The Labute approximate surface area is 140 Å². The standard InChI is InChI=1S/C19H19N5/c1-4-16-21-17-12(2)23-24(3)18(17)19(22-16)20-15-11-7-9-13-8-5-6-10-14(13)15/h5-11H,4H2,1-3H3,(H,20,21,22). The van der Waals surface area contributed by atoms with Gasteiger partial charge in [-0.2, -0.15) is 5.10 Å². The lowest BCUT2D eigenvalue weighted by molar-refractivity contribution is 0.782. The summed E-state index contributed by atoms with van der Waals surface area (Å²) in [5, 5.41) is 10.4. The molecule has 0 fully saturated rings. The average Bonchev–Trinajstić information content (AvgIpc) is 2.89. The summed E-state index contributed by atoms with van der Waals surface area (Å²) in [5.74, 6) is 1.62. The molecule has 4 aromatic rings. The van der Waals surface area contributed by atoms with Gasteiger partial charge in [-0.05, 0) is 18.4 Å². The Bertz CT molecular complexity index is 1040. The van der Waals surface area contributed by atoms with Gasteiger partial charge in [-0.15, -0.1) is 0 Å². The Morgan fingerprint density at radius 2 is 1.83 bits per heavy atom. The molecule has 5 nitrogen and oxygen atoms in total. The summed E-state index contributed by atoms with van der Waals surface area (Å²) in [6, 6.07) is 14.6. The maximum absolute atomic E-state index is 4.71. The number of benzene rings is 2. The first-order valence-electron chi connectivity index (χ1n) is 8.12. The predicted octanol–water partition coefficient (Wildman–Crippen LogP) is 4.13. The number of hydrogen-bond acceptors (Lipinski definition) is 4. The van der Waals surface area contributed by atoms with Crippen molar-refractivity contribution in [2.75, 3.05) is 5.32 Å². The van der Waals surface area contributed by atoms with Gasteiger partial charge in [0.1, 0.15) is 16.9 Å². The molecule has 5 heteroatoms. The Kier molecular flexibility index (Phi) is 3.41. The van der Waals surface area contributed by atoms with E-state index < -0.39 is 0 Å². The molecule has 0 saturated carbocycles. The van der Waals surface area contributed by atoms with Crippen LogP contribution in [0.15, 0.2) is 42.5 Å². The van der Waals surface area contributed by atoms with Gasteiger partial charge in [0, 0.05) is 24.5 Å². The summed E-state index contributed by atoms with van der Waals surface area (Å²) in [4.78, 5) is 9.36. The van der Waals surface area contributed by atoms with Crippen LogP contribution in [0.4, 0.5) is 11.5 Å². The molecular weight excluding hydrogens is 298 g/mol. The zero-order chi connectivity index (χ0) is 16.7. The molecular formula is C19H19N5. The van der Waals surface area contributed by atoms with Gasteiger partial charge < -0.3 is 5.32 Å². The highest BCUT2D eigenvalue weighted by atomic mass is 15.3. The molecule has 0 bridgehead atoms. The van der Waals surface area contributed by atoms with E-state index in [2.05, 4.69) is 64.8 Å². The molecule has 0 radical (unpaired) electrons. The van der Waals surface area contributed by atoms with E-state index >= 15 is 0 Å². The molecule has 0 unspecified atom stereocenters. The number of hydrogen-bond donors (Lipinski definition) is 1.